The molecular weight excluding hydrogens is 252 g/mol. The van der Waals surface area contributed by atoms with Crippen LogP contribution in [0.4, 0.5) is 0 Å². The van der Waals surface area contributed by atoms with Crippen molar-refractivity contribution >= 4 is 0 Å². The van der Waals surface area contributed by atoms with Crippen molar-refractivity contribution in [3.63, 3.8) is 0 Å². The molecule has 0 heterocycles. The van der Waals surface area contributed by atoms with Crippen molar-refractivity contribution in [3.8, 4) is 11.8 Å². The molecule has 1 rings (SSSR count). The Balaban J connectivity index is 2.44. The zero-order valence-corrected chi connectivity index (χ0v) is 12.4. The van der Waals surface area contributed by atoms with Gasteiger partial charge in [-0.15, -0.1) is 0 Å². The molecule has 0 saturated carbocycles. The molecule has 20 heavy (non-hydrogen) atoms. The Morgan fingerprint density at radius 1 is 1.20 bits per heavy atom. The van der Waals surface area contributed by atoms with E-state index in [-0.39, 0.29) is 6.61 Å². The molecule has 110 valence electrons. The lowest BCUT2D eigenvalue weighted by Crippen LogP contribution is -2.39. The number of hydrogen-bond donors (Lipinski definition) is 1. The Kier molecular flexibility index (Phi) is 7.71. The molecule has 1 N–H and O–H groups in total. The molecule has 0 bridgehead atoms. The highest BCUT2D eigenvalue weighted by Crippen LogP contribution is 2.12. The Morgan fingerprint density at radius 3 is 2.35 bits per heavy atom. The van der Waals surface area contributed by atoms with Crippen molar-refractivity contribution in [2.24, 2.45) is 0 Å². The molecule has 0 atom stereocenters. The van der Waals surface area contributed by atoms with Gasteiger partial charge >= 0.3 is 0 Å². The molecule has 4 nitrogen and oxygen atoms in total. The number of nitriles is 1. The molecule has 0 aliphatic rings. The first kappa shape index (κ1) is 16.5. The van der Waals surface area contributed by atoms with Crippen LogP contribution in [0.5, 0.6) is 5.75 Å². The number of nitrogens with zero attached hydrogens (tertiary/aromatic N) is 2. The van der Waals surface area contributed by atoms with Crippen LogP contribution in [0.3, 0.4) is 0 Å². The third kappa shape index (κ3) is 5.20. The lowest BCUT2D eigenvalue weighted by atomic mass is 10.1. The average molecular weight is 276 g/mol. The second-order valence-corrected chi connectivity index (χ2v) is 4.71. The van der Waals surface area contributed by atoms with E-state index in [0.29, 0.717) is 24.8 Å². The first-order valence-electron chi connectivity index (χ1n) is 7.23. The minimum atomic E-state index is 0.174. The summed E-state index contributed by atoms with van der Waals surface area (Å²) in [7, 11) is 0. The topological polar surface area (TPSA) is 56.5 Å². The van der Waals surface area contributed by atoms with Crippen molar-refractivity contribution in [3.05, 3.63) is 29.8 Å². The number of aliphatic hydroxyl groups is 1. The first-order chi connectivity index (χ1) is 9.74. The van der Waals surface area contributed by atoms with Gasteiger partial charge in [0.15, 0.2) is 0 Å². The molecule has 0 amide bonds. The van der Waals surface area contributed by atoms with Crippen molar-refractivity contribution in [2.75, 3.05) is 26.3 Å². The predicted molar refractivity (Wildman–Crippen MR) is 79.7 cm³/mol. The molecular formula is C16H24N2O2. The van der Waals surface area contributed by atoms with Gasteiger partial charge in [0.2, 0.25) is 0 Å². The van der Waals surface area contributed by atoms with Gasteiger partial charge in [0.1, 0.15) is 12.4 Å². The van der Waals surface area contributed by atoms with Crippen LogP contribution >= 0.6 is 0 Å². The van der Waals surface area contributed by atoms with Crippen LogP contribution in [0.1, 0.15) is 32.3 Å². The van der Waals surface area contributed by atoms with Crippen LogP contribution in [0.2, 0.25) is 0 Å². The summed E-state index contributed by atoms with van der Waals surface area (Å²) in [6.45, 7) is 6.58. The summed E-state index contributed by atoms with van der Waals surface area (Å²) in [5, 5.41) is 17.9. The second-order valence-electron chi connectivity index (χ2n) is 4.71. The summed E-state index contributed by atoms with van der Waals surface area (Å²) in [6.07, 6.45) is 2.15. The molecule has 0 fully saturated rings. The summed E-state index contributed by atoms with van der Waals surface area (Å²) in [4.78, 5) is 2.27. The molecule has 0 aromatic heterocycles. The maximum Gasteiger partial charge on any atom is 0.119 e. The van der Waals surface area contributed by atoms with Crippen molar-refractivity contribution < 1.29 is 9.84 Å². The largest absolute Gasteiger partial charge is 0.492 e. The van der Waals surface area contributed by atoms with Gasteiger partial charge in [-0.25, -0.2) is 0 Å². The molecule has 0 radical (unpaired) electrons. The predicted octanol–water partition coefficient (Wildman–Crippen LogP) is 2.42. The third-order valence-electron chi connectivity index (χ3n) is 3.48. The molecule has 0 aliphatic heterocycles. The van der Waals surface area contributed by atoms with E-state index in [9.17, 15) is 0 Å². The Hall–Kier alpha value is -1.57. The van der Waals surface area contributed by atoms with Crippen LogP contribution in [-0.2, 0) is 0 Å². The number of ether oxygens (including phenoxy) is 1. The highest BCUT2D eigenvalue weighted by Gasteiger charge is 2.14. The monoisotopic (exact) mass is 276 g/mol. The highest BCUT2D eigenvalue weighted by molar-refractivity contribution is 5.34. The molecule has 1 aromatic carbocycles. The number of aliphatic hydroxyl groups excluding tert-OH is 1. The zero-order chi connectivity index (χ0) is 14.8. The number of hydrogen-bond acceptors (Lipinski definition) is 4. The number of benzene rings is 1. The van der Waals surface area contributed by atoms with E-state index in [1.54, 1.807) is 12.1 Å². The third-order valence-corrected chi connectivity index (χ3v) is 3.48. The first-order valence-corrected chi connectivity index (χ1v) is 7.23. The highest BCUT2D eigenvalue weighted by atomic mass is 16.5. The van der Waals surface area contributed by atoms with Gasteiger partial charge in [-0.1, -0.05) is 13.8 Å². The van der Waals surface area contributed by atoms with E-state index in [1.165, 1.54) is 0 Å². The van der Waals surface area contributed by atoms with Crippen molar-refractivity contribution in [1.82, 2.24) is 4.90 Å². The lowest BCUT2D eigenvalue weighted by Gasteiger charge is -2.29. The van der Waals surface area contributed by atoms with Crippen LogP contribution in [0.15, 0.2) is 24.3 Å². The van der Waals surface area contributed by atoms with Crippen LogP contribution in [-0.4, -0.2) is 42.4 Å². The Bertz CT molecular complexity index is 407. The SMILES string of the molecule is CCC(CC)N(CCO)CCOc1ccc(C#N)cc1. The van der Waals surface area contributed by atoms with E-state index >= 15 is 0 Å². The van der Waals surface area contributed by atoms with Crippen LogP contribution in [0, 0.1) is 11.3 Å². The van der Waals surface area contributed by atoms with E-state index in [4.69, 9.17) is 15.1 Å². The Labute approximate surface area is 121 Å². The second kappa shape index (κ2) is 9.35. The summed E-state index contributed by atoms with van der Waals surface area (Å²) < 4.78 is 5.69. The van der Waals surface area contributed by atoms with Crippen LogP contribution < -0.4 is 4.74 Å². The maximum absolute atomic E-state index is 9.14. The molecule has 0 aliphatic carbocycles. The van der Waals surface area contributed by atoms with Gasteiger partial charge in [0.05, 0.1) is 18.2 Å². The average Bonchev–Trinajstić information content (AvgIpc) is 2.49. The van der Waals surface area contributed by atoms with E-state index < -0.39 is 0 Å². The van der Waals surface area contributed by atoms with E-state index in [0.717, 1.165) is 25.1 Å². The van der Waals surface area contributed by atoms with Gasteiger partial charge in [0.25, 0.3) is 0 Å². The summed E-state index contributed by atoms with van der Waals surface area (Å²) in [5.41, 5.74) is 0.635. The normalized spacial score (nSPS) is 10.8. The minimum absolute atomic E-state index is 0.174. The van der Waals surface area contributed by atoms with Gasteiger partial charge in [-0.3, -0.25) is 4.90 Å². The maximum atomic E-state index is 9.14. The molecule has 0 unspecified atom stereocenters. The molecule has 0 saturated heterocycles. The summed E-state index contributed by atoms with van der Waals surface area (Å²) in [6, 6.07) is 9.70. The zero-order valence-electron chi connectivity index (χ0n) is 12.4. The minimum Gasteiger partial charge on any atom is -0.492 e. The van der Waals surface area contributed by atoms with Gasteiger partial charge in [0, 0.05) is 19.1 Å². The molecule has 4 heteroatoms. The quantitative estimate of drug-likeness (QED) is 0.752. The summed E-state index contributed by atoms with van der Waals surface area (Å²) >= 11 is 0. The van der Waals surface area contributed by atoms with Gasteiger partial charge in [-0.05, 0) is 37.1 Å². The van der Waals surface area contributed by atoms with Crippen molar-refractivity contribution in [2.45, 2.75) is 32.7 Å². The van der Waals surface area contributed by atoms with E-state index in [1.807, 2.05) is 12.1 Å². The fourth-order valence-corrected chi connectivity index (χ4v) is 2.32. The van der Waals surface area contributed by atoms with Gasteiger partial charge in [-0.2, -0.15) is 5.26 Å². The fourth-order valence-electron chi connectivity index (χ4n) is 2.32. The molecule has 1 aromatic rings. The Morgan fingerprint density at radius 2 is 1.85 bits per heavy atom. The molecule has 0 spiro atoms. The summed E-state index contributed by atoms with van der Waals surface area (Å²) in [5.74, 6) is 0.775. The lowest BCUT2D eigenvalue weighted by molar-refractivity contribution is 0.122. The standard InChI is InChI=1S/C16H24N2O2/c1-3-15(4-2)18(9-11-19)10-12-20-16-7-5-14(13-17)6-8-16/h5-8,15,19H,3-4,9-12H2,1-2H3. The van der Waals surface area contributed by atoms with E-state index in [2.05, 4.69) is 24.8 Å². The van der Waals surface area contributed by atoms with Crippen molar-refractivity contribution in [1.29, 1.82) is 5.26 Å². The van der Waals surface area contributed by atoms with Gasteiger partial charge < -0.3 is 9.84 Å². The fraction of sp³-hybridized carbons (Fsp3) is 0.562. The number of rotatable bonds is 9. The smallest absolute Gasteiger partial charge is 0.119 e. The van der Waals surface area contributed by atoms with Crippen LogP contribution in [0.25, 0.3) is 0 Å².